The molecule has 2 aromatic heterocycles. The van der Waals surface area contributed by atoms with Gasteiger partial charge in [-0.2, -0.15) is 0 Å². The molecule has 3 heterocycles. The molecule has 9 aromatic rings. The first-order chi connectivity index (χ1) is 25.3. The van der Waals surface area contributed by atoms with E-state index in [0.717, 1.165) is 50.0 Å². The maximum Gasteiger partial charge on any atom is 0.160 e. The molecule has 0 N–H and O–H groups in total. The summed E-state index contributed by atoms with van der Waals surface area (Å²) in [4.78, 5) is 12.8. The van der Waals surface area contributed by atoms with E-state index in [4.69, 9.17) is 14.4 Å². The lowest BCUT2D eigenvalue weighted by atomic mass is 9.67. The lowest BCUT2D eigenvalue weighted by molar-refractivity contribution is 0.668. The van der Waals surface area contributed by atoms with Gasteiger partial charge in [-0.05, 0) is 75.8 Å². The number of rotatable bonds is 3. The van der Waals surface area contributed by atoms with Crippen LogP contribution in [0.15, 0.2) is 184 Å². The van der Waals surface area contributed by atoms with E-state index in [-0.39, 0.29) is 0 Å². The summed E-state index contributed by atoms with van der Waals surface area (Å²) in [6, 6.07) is 60.7. The van der Waals surface area contributed by atoms with Crippen LogP contribution in [0, 0.1) is 0 Å². The maximum atomic E-state index is 6.46. The Kier molecular flexibility index (Phi) is 6.10. The quantitative estimate of drug-likeness (QED) is 0.188. The van der Waals surface area contributed by atoms with E-state index < -0.39 is 5.41 Å². The molecule has 1 unspecified atom stereocenters. The van der Waals surface area contributed by atoms with Crippen LogP contribution in [0.2, 0.25) is 0 Å². The van der Waals surface area contributed by atoms with Gasteiger partial charge in [-0.1, -0.05) is 139 Å². The lowest BCUT2D eigenvalue weighted by Crippen LogP contribution is -2.32. The molecule has 0 saturated heterocycles. The summed E-state index contributed by atoms with van der Waals surface area (Å²) in [6.45, 7) is 0. The van der Waals surface area contributed by atoms with Crippen molar-refractivity contribution in [2.45, 2.75) is 15.2 Å². The second-order valence-corrected chi connectivity index (χ2v) is 14.4. The molecule has 2 aliphatic rings. The van der Waals surface area contributed by atoms with Gasteiger partial charge in [0.2, 0.25) is 0 Å². The predicted molar refractivity (Wildman–Crippen MR) is 207 cm³/mol. The van der Waals surface area contributed by atoms with Crippen molar-refractivity contribution in [2.75, 3.05) is 0 Å². The van der Waals surface area contributed by atoms with E-state index in [9.17, 15) is 0 Å². The SMILES string of the molecule is c1ccc(-c2cc(-c3ccc4c(c3)C3(c5ccccc5S4)c4ccccc4-c4cc5oc6ccccc6c5cc43)nc(-c3ccccc3)n2)cc1. The minimum Gasteiger partial charge on any atom is -0.456 e. The third-order valence-corrected chi connectivity index (χ3v) is 11.7. The van der Waals surface area contributed by atoms with Crippen molar-refractivity contribution in [2.24, 2.45) is 0 Å². The first kappa shape index (κ1) is 28.6. The van der Waals surface area contributed by atoms with Crippen molar-refractivity contribution in [3.05, 3.63) is 192 Å². The summed E-state index contributed by atoms with van der Waals surface area (Å²) in [5.74, 6) is 0.713. The second kappa shape index (κ2) is 10.9. The lowest BCUT2D eigenvalue weighted by Gasteiger charge is -2.40. The number of fused-ring (bicyclic) bond motifs is 12. The number of aromatic nitrogens is 2. The fourth-order valence-electron chi connectivity index (χ4n) is 8.34. The average molecular weight is 669 g/mol. The zero-order chi connectivity index (χ0) is 33.5. The van der Waals surface area contributed by atoms with Crippen molar-refractivity contribution >= 4 is 33.7 Å². The molecule has 3 nitrogen and oxygen atoms in total. The summed E-state index contributed by atoms with van der Waals surface area (Å²) in [5.41, 5.74) is 13.8. The topological polar surface area (TPSA) is 38.9 Å². The molecule has 1 atom stereocenters. The van der Waals surface area contributed by atoms with Gasteiger partial charge in [-0.3, -0.25) is 0 Å². The van der Waals surface area contributed by atoms with E-state index in [1.807, 2.05) is 42.1 Å². The van der Waals surface area contributed by atoms with E-state index in [1.54, 1.807) is 0 Å². The third-order valence-electron chi connectivity index (χ3n) is 10.6. The summed E-state index contributed by atoms with van der Waals surface area (Å²) >= 11 is 1.85. The van der Waals surface area contributed by atoms with Crippen LogP contribution in [0.4, 0.5) is 0 Å². The van der Waals surface area contributed by atoms with Crippen molar-refractivity contribution < 1.29 is 4.42 Å². The smallest absolute Gasteiger partial charge is 0.160 e. The van der Waals surface area contributed by atoms with Gasteiger partial charge in [0.25, 0.3) is 0 Å². The first-order valence-corrected chi connectivity index (χ1v) is 18.1. The molecule has 1 aliphatic carbocycles. The van der Waals surface area contributed by atoms with Crippen LogP contribution in [0.25, 0.3) is 67.0 Å². The molecule has 7 aromatic carbocycles. The van der Waals surface area contributed by atoms with E-state index in [2.05, 4.69) is 140 Å². The average Bonchev–Trinajstić information content (AvgIpc) is 3.70. The number of hydrogen-bond acceptors (Lipinski definition) is 4. The van der Waals surface area contributed by atoms with Crippen molar-refractivity contribution in [3.63, 3.8) is 0 Å². The Hall–Kier alpha value is -6.23. The van der Waals surface area contributed by atoms with Gasteiger partial charge in [0, 0.05) is 37.3 Å². The molecule has 0 amide bonds. The zero-order valence-corrected chi connectivity index (χ0v) is 28.2. The maximum absolute atomic E-state index is 6.46. The normalized spacial score (nSPS) is 15.5. The molecule has 238 valence electrons. The van der Waals surface area contributed by atoms with E-state index in [1.165, 1.54) is 43.2 Å². The van der Waals surface area contributed by atoms with Crippen LogP contribution in [0.1, 0.15) is 22.3 Å². The molecular weight excluding hydrogens is 641 g/mol. The zero-order valence-electron chi connectivity index (χ0n) is 27.4. The highest BCUT2D eigenvalue weighted by Gasteiger charge is 2.50. The highest BCUT2D eigenvalue weighted by Crippen LogP contribution is 2.63. The molecule has 51 heavy (non-hydrogen) atoms. The van der Waals surface area contributed by atoms with Crippen LogP contribution < -0.4 is 0 Å². The molecule has 11 rings (SSSR count). The Labute approximate surface area is 299 Å². The Morgan fingerprint density at radius 3 is 1.92 bits per heavy atom. The fraction of sp³-hybridized carbons (Fsp3) is 0.0213. The van der Waals surface area contributed by atoms with Gasteiger partial charge in [0.1, 0.15) is 11.2 Å². The third kappa shape index (κ3) is 4.14. The summed E-state index contributed by atoms with van der Waals surface area (Å²) < 4.78 is 6.46. The standard InChI is InChI=1S/C47H28N2OS/c1-3-13-29(14-4-1)40-28-41(49-46(48-40)30-15-5-2-6-16-30)31-23-24-45-39(25-31)47(37-20-10-12-22-44(37)51-45)36-19-9-7-17-32(36)34-27-43-35(26-38(34)47)33-18-8-11-21-42(33)50-43/h1-28H. The number of furan rings is 1. The minimum absolute atomic E-state index is 0.538. The fourth-order valence-corrected chi connectivity index (χ4v) is 9.52. The van der Waals surface area contributed by atoms with Gasteiger partial charge in [-0.25, -0.2) is 9.97 Å². The molecule has 0 radical (unpaired) electrons. The van der Waals surface area contributed by atoms with Crippen LogP contribution in [-0.2, 0) is 5.41 Å². The van der Waals surface area contributed by atoms with Crippen LogP contribution in [0.3, 0.4) is 0 Å². The van der Waals surface area contributed by atoms with Crippen LogP contribution in [0.5, 0.6) is 0 Å². The molecule has 0 fully saturated rings. The minimum atomic E-state index is -0.538. The van der Waals surface area contributed by atoms with Crippen molar-refractivity contribution in [3.8, 4) is 45.0 Å². The largest absolute Gasteiger partial charge is 0.456 e. The van der Waals surface area contributed by atoms with Gasteiger partial charge < -0.3 is 4.42 Å². The number of benzene rings is 7. The molecule has 1 aliphatic heterocycles. The number of para-hydroxylation sites is 1. The number of hydrogen-bond donors (Lipinski definition) is 0. The summed E-state index contributed by atoms with van der Waals surface area (Å²) in [5, 5.41) is 2.28. The molecule has 1 spiro atoms. The summed E-state index contributed by atoms with van der Waals surface area (Å²) in [6.07, 6.45) is 0. The highest BCUT2D eigenvalue weighted by atomic mass is 32.2. The number of nitrogens with zero attached hydrogens (tertiary/aromatic N) is 2. The molecule has 4 heteroatoms. The summed E-state index contributed by atoms with van der Waals surface area (Å²) in [7, 11) is 0. The van der Waals surface area contributed by atoms with Gasteiger partial charge in [-0.15, -0.1) is 0 Å². The molecule has 0 saturated carbocycles. The highest BCUT2D eigenvalue weighted by molar-refractivity contribution is 7.99. The first-order valence-electron chi connectivity index (χ1n) is 17.2. The van der Waals surface area contributed by atoms with Crippen molar-refractivity contribution in [1.29, 1.82) is 0 Å². The van der Waals surface area contributed by atoms with Crippen molar-refractivity contribution in [1.82, 2.24) is 9.97 Å². The molecular formula is C47H28N2OS. The Morgan fingerprint density at radius 2 is 1.08 bits per heavy atom. The predicted octanol–water partition coefficient (Wildman–Crippen LogP) is 12.2. The Balaban J connectivity index is 1.21. The van der Waals surface area contributed by atoms with Crippen LogP contribution in [-0.4, -0.2) is 9.97 Å². The van der Waals surface area contributed by atoms with Crippen LogP contribution >= 0.6 is 11.8 Å². The Bertz CT molecular complexity index is 2780. The Morgan fingerprint density at radius 1 is 0.412 bits per heavy atom. The van der Waals surface area contributed by atoms with Gasteiger partial charge in [0.05, 0.1) is 16.8 Å². The van der Waals surface area contributed by atoms with E-state index >= 15 is 0 Å². The van der Waals surface area contributed by atoms with Gasteiger partial charge in [0.15, 0.2) is 5.82 Å². The van der Waals surface area contributed by atoms with E-state index in [0.29, 0.717) is 5.82 Å². The second-order valence-electron chi connectivity index (χ2n) is 13.3. The molecule has 0 bridgehead atoms. The van der Waals surface area contributed by atoms with Gasteiger partial charge >= 0.3 is 0 Å². The monoisotopic (exact) mass is 668 g/mol.